The van der Waals surface area contributed by atoms with Gasteiger partial charge in [-0.05, 0) is 50.5 Å². The molecule has 1 rings (SSSR count). The Balaban J connectivity index is 2.17. The van der Waals surface area contributed by atoms with Gasteiger partial charge in [-0.25, -0.2) is 22.1 Å². The molecule has 1 atom stereocenters. The van der Waals surface area contributed by atoms with Crippen LogP contribution in [-0.4, -0.2) is 53.5 Å². The van der Waals surface area contributed by atoms with E-state index in [4.69, 9.17) is 24.8 Å². The third kappa shape index (κ3) is 25.1. The minimum atomic E-state index is -4.83. The summed E-state index contributed by atoms with van der Waals surface area (Å²) in [7, 11) is -4.83. The van der Waals surface area contributed by atoms with E-state index in [1.165, 1.54) is 38.5 Å². The maximum absolute atomic E-state index is 14.1. The van der Waals surface area contributed by atoms with Crippen molar-refractivity contribution < 1.29 is 60.3 Å². The van der Waals surface area contributed by atoms with Crippen LogP contribution in [-0.2, 0) is 28.2 Å². The van der Waals surface area contributed by atoms with Gasteiger partial charge in [-0.15, -0.1) is 0 Å². The third-order valence-electron chi connectivity index (χ3n) is 9.25. The number of phosphoric acid groups is 1. The first kappa shape index (κ1) is 52.5. The van der Waals surface area contributed by atoms with Gasteiger partial charge in [0, 0.05) is 24.3 Å². The number of halogens is 4. The molecule has 330 valence electrons. The Labute approximate surface area is 339 Å². The summed E-state index contributed by atoms with van der Waals surface area (Å²) in [6.45, 7) is 1.23. The first-order chi connectivity index (χ1) is 27.8. The number of hydrogen-bond acceptors (Lipinski definition) is 8. The molecule has 0 aliphatic carbocycles. The number of carbonyl (C=O) groups is 3. The predicted molar refractivity (Wildman–Crippen MR) is 212 cm³/mol. The van der Waals surface area contributed by atoms with E-state index in [9.17, 15) is 36.5 Å². The van der Waals surface area contributed by atoms with Crippen molar-refractivity contribution >= 4 is 31.4 Å². The average molecular weight is 851 g/mol. The van der Waals surface area contributed by atoms with Gasteiger partial charge in [0.2, 0.25) is 0 Å². The lowest BCUT2D eigenvalue weighted by molar-refractivity contribution is -0.161. The van der Waals surface area contributed by atoms with Gasteiger partial charge in [0.05, 0.1) is 6.61 Å². The lowest BCUT2D eigenvalue weighted by Crippen LogP contribution is -2.29. The van der Waals surface area contributed by atoms with Gasteiger partial charge >= 0.3 is 19.8 Å². The summed E-state index contributed by atoms with van der Waals surface area (Å²) in [6.07, 6.45) is 25.0. The van der Waals surface area contributed by atoms with Gasteiger partial charge in [0.15, 0.2) is 29.4 Å². The van der Waals surface area contributed by atoms with Crippen LogP contribution in [0.4, 0.5) is 23.2 Å². The molecule has 18 heteroatoms. The minimum absolute atomic E-state index is 0.0209. The number of ether oxygens (including phenoxy) is 2. The largest absolute Gasteiger partial charge is 0.469 e. The number of esters is 2. The van der Waals surface area contributed by atoms with Crippen LogP contribution in [0.2, 0.25) is 0 Å². The van der Waals surface area contributed by atoms with Gasteiger partial charge < -0.3 is 24.6 Å². The van der Waals surface area contributed by atoms with Crippen molar-refractivity contribution in [1.29, 1.82) is 0 Å². The van der Waals surface area contributed by atoms with E-state index in [0.29, 0.717) is 25.7 Å². The molecule has 0 saturated heterocycles. The van der Waals surface area contributed by atoms with E-state index in [-0.39, 0.29) is 19.4 Å². The molecule has 3 N–H and O–H groups in total. The van der Waals surface area contributed by atoms with Gasteiger partial charge in [-0.1, -0.05) is 121 Å². The van der Waals surface area contributed by atoms with E-state index in [1.807, 2.05) is 0 Å². The molecule has 0 heterocycles. The summed E-state index contributed by atoms with van der Waals surface area (Å²) in [6, 6.07) is 0. The van der Waals surface area contributed by atoms with E-state index in [0.717, 1.165) is 77.0 Å². The number of azide groups is 1. The van der Waals surface area contributed by atoms with Crippen LogP contribution in [0, 0.1) is 23.3 Å². The molecule has 0 fully saturated rings. The van der Waals surface area contributed by atoms with Crippen molar-refractivity contribution in [3.63, 3.8) is 0 Å². The summed E-state index contributed by atoms with van der Waals surface area (Å²) < 4.78 is 82.3. The molecule has 0 radical (unpaired) electrons. The van der Waals surface area contributed by atoms with Crippen LogP contribution < -0.4 is 5.32 Å². The number of unbranched alkanes of at least 4 members (excludes halogenated alkanes) is 19. The normalized spacial score (nSPS) is 12.1. The summed E-state index contributed by atoms with van der Waals surface area (Å²) in [5, 5.41) is 4.81. The first-order valence-electron chi connectivity index (χ1n) is 20.7. The lowest BCUT2D eigenvalue weighted by atomic mass is 10.1. The maximum atomic E-state index is 14.1. The number of nitrogens with one attached hydrogen (secondary N) is 1. The van der Waals surface area contributed by atoms with E-state index < -0.39 is 79.5 Å². The van der Waals surface area contributed by atoms with Crippen LogP contribution in [0.3, 0.4) is 0 Å². The number of phosphoric ester groups is 1. The van der Waals surface area contributed by atoms with Gasteiger partial charge in [0.1, 0.15) is 17.9 Å². The number of amides is 1. The highest BCUT2D eigenvalue weighted by molar-refractivity contribution is 7.46. The van der Waals surface area contributed by atoms with Crippen molar-refractivity contribution in [2.75, 3.05) is 19.8 Å². The molecule has 1 aromatic rings. The second kappa shape index (κ2) is 32.4. The van der Waals surface area contributed by atoms with Crippen molar-refractivity contribution in [1.82, 2.24) is 5.32 Å². The highest BCUT2D eigenvalue weighted by Crippen LogP contribution is 2.36. The monoisotopic (exact) mass is 850 g/mol. The smallest absolute Gasteiger partial charge is 0.462 e. The standard InChI is InChI=1S/C40H63F4N4O9P/c1-2-3-4-5-6-7-8-9-10-11-12-14-18-21-24-27-33(50)57-31(30-56-58(52,53)54)29-55-32(49)26-23-20-17-15-13-16-19-22-25-28-46-40(51)34-35(41)37(43)39(47-48-45)38(44)36(34)42/h9-10,31H,2-8,11-30H2,1H3,(H,46,51)(H2,52,53,54)/b10-9+. The quantitative estimate of drug-likeness (QED) is 0.00684. The van der Waals surface area contributed by atoms with Crippen LogP contribution >= 0.6 is 7.82 Å². The molecular formula is C40H63F4N4O9P. The Morgan fingerprint density at radius 3 is 1.67 bits per heavy atom. The van der Waals surface area contributed by atoms with Gasteiger partial charge in [-0.2, -0.15) is 0 Å². The number of allylic oxidation sites excluding steroid dienone is 2. The molecule has 0 bridgehead atoms. The molecule has 0 spiro atoms. The Kier molecular flexibility index (Phi) is 29.3. The first-order valence-corrected chi connectivity index (χ1v) is 22.2. The third-order valence-corrected chi connectivity index (χ3v) is 9.74. The fourth-order valence-electron chi connectivity index (χ4n) is 6.01. The highest BCUT2D eigenvalue weighted by atomic mass is 31.2. The van der Waals surface area contributed by atoms with Crippen LogP contribution in [0.1, 0.15) is 171 Å². The maximum Gasteiger partial charge on any atom is 0.469 e. The average Bonchev–Trinajstić information content (AvgIpc) is 3.18. The molecule has 0 aliphatic rings. The number of nitrogens with zero attached hydrogens (tertiary/aromatic N) is 3. The molecule has 1 amide bonds. The zero-order chi connectivity index (χ0) is 43.0. The van der Waals surface area contributed by atoms with E-state index in [1.54, 1.807) is 0 Å². The van der Waals surface area contributed by atoms with Gasteiger partial charge in [-0.3, -0.25) is 18.9 Å². The zero-order valence-electron chi connectivity index (χ0n) is 33.9. The Hall–Kier alpha value is -3.49. The zero-order valence-corrected chi connectivity index (χ0v) is 34.8. The number of carbonyl (C=O) groups excluding carboxylic acids is 3. The summed E-state index contributed by atoms with van der Waals surface area (Å²) in [5.74, 6) is -10.3. The number of benzene rings is 1. The SMILES string of the molecule is CCCCCCCC/C=C/CCCCCCCC(=O)OC(COC(=O)CCCCCCCCCCCNC(=O)c1c(F)c(F)c(N=[N+]=[N-])c(F)c1F)COP(=O)(O)O. The highest BCUT2D eigenvalue weighted by Gasteiger charge is 2.29. The Morgan fingerprint density at radius 1 is 0.707 bits per heavy atom. The fraction of sp³-hybridized carbons (Fsp3) is 0.725. The van der Waals surface area contributed by atoms with Crippen LogP contribution in [0.15, 0.2) is 17.3 Å². The molecule has 13 nitrogen and oxygen atoms in total. The molecule has 0 saturated carbocycles. The molecule has 1 aromatic carbocycles. The van der Waals surface area contributed by atoms with Crippen LogP contribution in [0.5, 0.6) is 0 Å². The van der Waals surface area contributed by atoms with Crippen LogP contribution in [0.25, 0.3) is 10.4 Å². The molecule has 0 aromatic heterocycles. The van der Waals surface area contributed by atoms with Crippen molar-refractivity contribution in [2.45, 2.75) is 167 Å². The Bertz CT molecular complexity index is 1460. The Morgan fingerprint density at radius 2 is 1.17 bits per heavy atom. The molecule has 1 unspecified atom stereocenters. The minimum Gasteiger partial charge on any atom is -0.462 e. The predicted octanol–water partition coefficient (Wildman–Crippen LogP) is 11.4. The van der Waals surface area contributed by atoms with Crippen molar-refractivity contribution in [3.05, 3.63) is 51.4 Å². The molecular weight excluding hydrogens is 787 g/mol. The van der Waals surface area contributed by atoms with E-state index in [2.05, 4.69) is 38.9 Å². The summed E-state index contributed by atoms with van der Waals surface area (Å²) in [4.78, 5) is 57.1. The lowest BCUT2D eigenvalue weighted by Gasteiger charge is -2.18. The van der Waals surface area contributed by atoms with E-state index >= 15 is 0 Å². The number of rotatable bonds is 35. The van der Waals surface area contributed by atoms with Crippen molar-refractivity contribution in [2.24, 2.45) is 5.11 Å². The fourth-order valence-corrected chi connectivity index (χ4v) is 6.37. The second-order valence-corrected chi connectivity index (χ2v) is 15.5. The topological polar surface area (TPSA) is 197 Å². The van der Waals surface area contributed by atoms with Crippen molar-refractivity contribution in [3.8, 4) is 0 Å². The molecule has 58 heavy (non-hydrogen) atoms. The summed E-state index contributed by atoms with van der Waals surface area (Å²) >= 11 is 0. The number of hydrogen-bond donors (Lipinski definition) is 3. The molecule has 0 aliphatic heterocycles. The second-order valence-electron chi connectivity index (χ2n) is 14.3. The summed E-state index contributed by atoms with van der Waals surface area (Å²) in [5.41, 5.74) is 5.38. The van der Waals surface area contributed by atoms with Gasteiger partial charge in [0.25, 0.3) is 5.91 Å².